The van der Waals surface area contributed by atoms with Crippen LogP contribution in [-0.4, -0.2) is 69.5 Å². The van der Waals surface area contributed by atoms with Gasteiger partial charge in [0, 0.05) is 19.8 Å². The summed E-state index contributed by atoms with van der Waals surface area (Å²) in [6.07, 6.45) is 0. The van der Waals surface area contributed by atoms with Crippen molar-refractivity contribution in [1.82, 2.24) is 4.90 Å². The number of hydrogen-bond donors (Lipinski definition) is 1. The number of carbonyl (C=O) groups is 3. The highest BCUT2D eigenvalue weighted by Crippen LogP contribution is 2.30. The minimum Gasteiger partial charge on any atom is -0.507 e. The van der Waals surface area contributed by atoms with Crippen LogP contribution >= 0.6 is 0 Å². The van der Waals surface area contributed by atoms with Crippen molar-refractivity contribution in [1.29, 1.82) is 0 Å². The fourth-order valence-corrected chi connectivity index (χ4v) is 2.45. The molecule has 0 atom stereocenters. The van der Waals surface area contributed by atoms with Crippen molar-refractivity contribution in [3.63, 3.8) is 0 Å². The quantitative estimate of drug-likeness (QED) is 0.770. The van der Waals surface area contributed by atoms with E-state index in [-0.39, 0.29) is 35.9 Å². The zero-order valence-corrected chi connectivity index (χ0v) is 14.9. The van der Waals surface area contributed by atoms with Gasteiger partial charge in [-0.25, -0.2) is 9.59 Å². The zero-order valence-electron chi connectivity index (χ0n) is 14.9. The number of anilines is 1. The number of nitrogens with zero attached hydrogens (tertiary/aromatic N) is 2. The van der Waals surface area contributed by atoms with E-state index in [4.69, 9.17) is 14.2 Å². The van der Waals surface area contributed by atoms with Gasteiger partial charge in [-0.05, 0) is 18.2 Å². The molecule has 9 heteroatoms. The van der Waals surface area contributed by atoms with Gasteiger partial charge in [0.05, 0.1) is 32.0 Å². The minimum atomic E-state index is -0.748. The first kappa shape index (κ1) is 19.3. The van der Waals surface area contributed by atoms with Crippen molar-refractivity contribution in [2.75, 3.05) is 46.6 Å². The number of phenolic OH excluding ortho intramolecular Hbond substituents is 1. The molecule has 0 aliphatic carbocycles. The molecule has 0 saturated carbocycles. The number of esters is 2. The van der Waals surface area contributed by atoms with Crippen LogP contribution in [0.25, 0.3) is 0 Å². The summed E-state index contributed by atoms with van der Waals surface area (Å²) in [7, 11) is 5.48. The Morgan fingerprint density at radius 3 is 2.38 bits per heavy atom. The fourth-order valence-electron chi connectivity index (χ4n) is 2.45. The summed E-state index contributed by atoms with van der Waals surface area (Å²) in [5.74, 6) is -2.10. The van der Waals surface area contributed by atoms with Crippen LogP contribution in [0, 0.1) is 0 Å². The van der Waals surface area contributed by atoms with Gasteiger partial charge in [0.25, 0.3) is 5.91 Å². The molecule has 0 fully saturated rings. The smallest absolute Gasteiger partial charge is 0.355 e. The zero-order chi connectivity index (χ0) is 19.4. The van der Waals surface area contributed by atoms with Gasteiger partial charge in [0.2, 0.25) is 0 Å². The van der Waals surface area contributed by atoms with Crippen molar-refractivity contribution in [2.24, 2.45) is 0 Å². The van der Waals surface area contributed by atoms with Crippen molar-refractivity contribution < 1.29 is 33.7 Å². The summed E-state index contributed by atoms with van der Waals surface area (Å²) >= 11 is 0. The molecule has 1 N–H and O–H groups in total. The van der Waals surface area contributed by atoms with Crippen molar-refractivity contribution >= 4 is 23.5 Å². The van der Waals surface area contributed by atoms with Crippen LogP contribution in [0.2, 0.25) is 0 Å². The first-order chi connectivity index (χ1) is 12.3. The molecular weight excluding hydrogens is 344 g/mol. The normalized spacial score (nSPS) is 14.1. The summed E-state index contributed by atoms with van der Waals surface area (Å²) < 4.78 is 14.9. The molecule has 1 heterocycles. The first-order valence-corrected chi connectivity index (χ1v) is 7.61. The molecule has 0 bridgehead atoms. The first-order valence-electron chi connectivity index (χ1n) is 7.61. The van der Waals surface area contributed by atoms with Crippen LogP contribution in [0.4, 0.5) is 5.69 Å². The van der Waals surface area contributed by atoms with E-state index >= 15 is 0 Å². The highest BCUT2D eigenvalue weighted by molar-refractivity contribution is 6.04. The maximum absolute atomic E-state index is 12.3. The van der Waals surface area contributed by atoms with E-state index in [9.17, 15) is 19.5 Å². The summed E-state index contributed by atoms with van der Waals surface area (Å²) in [6.45, 7) is -0.166. The Labute approximate surface area is 150 Å². The third-order valence-electron chi connectivity index (χ3n) is 3.76. The molecule has 1 amide bonds. The molecule has 0 radical (unpaired) electrons. The van der Waals surface area contributed by atoms with E-state index in [2.05, 4.69) is 0 Å². The molecule has 0 saturated heterocycles. The molecular formula is C17H20N2O7. The largest absolute Gasteiger partial charge is 0.507 e. The van der Waals surface area contributed by atoms with Gasteiger partial charge in [0.15, 0.2) is 0 Å². The Morgan fingerprint density at radius 2 is 1.81 bits per heavy atom. The molecule has 0 unspecified atom stereocenters. The number of methoxy groups -OCH3 is 2. The van der Waals surface area contributed by atoms with Crippen LogP contribution in [0.1, 0.15) is 10.4 Å². The van der Waals surface area contributed by atoms with Crippen LogP contribution in [0.15, 0.2) is 29.5 Å². The molecule has 1 aliphatic rings. The van der Waals surface area contributed by atoms with Gasteiger partial charge in [0.1, 0.15) is 18.2 Å². The monoisotopic (exact) mass is 364 g/mol. The van der Waals surface area contributed by atoms with Crippen molar-refractivity contribution in [3.05, 3.63) is 35.0 Å². The summed E-state index contributed by atoms with van der Waals surface area (Å²) in [5.41, 5.74) is 0.370. The van der Waals surface area contributed by atoms with E-state index in [1.165, 1.54) is 42.2 Å². The number of hydrogen-bond acceptors (Lipinski definition) is 8. The fraction of sp³-hybridized carbons (Fsp3) is 0.353. The topological polar surface area (TPSA) is 106 Å². The SMILES string of the molecule is COC(=O)C1=C(C(=O)OC)N(c2ccc(O)c(C(=O)N(C)C)c2)COC1. The Kier molecular flexibility index (Phi) is 5.83. The molecule has 2 rings (SSSR count). The van der Waals surface area contributed by atoms with Crippen LogP contribution in [-0.2, 0) is 23.8 Å². The Morgan fingerprint density at radius 1 is 1.15 bits per heavy atom. The highest BCUT2D eigenvalue weighted by atomic mass is 16.5. The van der Waals surface area contributed by atoms with Gasteiger partial charge in [-0.15, -0.1) is 0 Å². The second-order valence-electron chi connectivity index (χ2n) is 5.62. The van der Waals surface area contributed by atoms with E-state index in [1.54, 1.807) is 14.1 Å². The number of amides is 1. The molecule has 1 aromatic carbocycles. The Balaban J connectivity index is 2.58. The van der Waals surface area contributed by atoms with Crippen molar-refractivity contribution in [3.8, 4) is 5.75 Å². The van der Waals surface area contributed by atoms with Crippen LogP contribution in [0.3, 0.4) is 0 Å². The second-order valence-corrected chi connectivity index (χ2v) is 5.62. The van der Waals surface area contributed by atoms with Crippen LogP contribution < -0.4 is 4.90 Å². The minimum absolute atomic E-state index is 0.000777. The summed E-state index contributed by atoms with van der Waals surface area (Å²) in [4.78, 5) is 39.2. The Hall–Kier alpha value is -3.07. The maximum Gasteiger partial charge on any atom is 0.355 e. The molecule has 0 spiro atoms. The third kappa shape index (κ3) is 3.62. The molecule has 0 aromatic heterocycles. The van der Waals surface area contributed by atoms with Crippen LogP contribution in [0.5, 0.6) is 5.75 Å². The highest BCUT2D eigenvalue weighted by Gasteiger charge is 2.33. The lowest BCUT2D eigenvalue weighted by Crippen LogP contribution is -2.39. The lowest BCUT2D eigenvalue weighted by atomic mass is 10.1. The second kappa shape index (κ2) is 7.87. The average Bonchev–Trinajstić information content (AvgIpc) is 2.65. The lowest BCUT2D eigenvalue weighted by Gasteiger charge is -2.31. The van der Waals surface area contributed by atoms with Gasteiger partial charge < -0.3 is 29.1 Å². The summed E-state index contributed by atoms with van der Waals surface area (Å²) in [5, 5.41) is 9.98. The molecule has 26 heavy (non-hydrogen) atoms. The number of phenols is 1. The lowest BCUT2D eigenvalue weighted by molar-refractivity contribution is -0.140. The molecule has 9 nitrogen and oxygen atoms in total. The van der Waals surface area contributed by atoms with Gasteiger partial charge in [-0.3, -0.25) is 4.79 Å². The maximum atomic E-state index is 12.3. The number of benzene rings is 1. The van der Waals surface area contributed by atoms with Gasteiger partial charge >= 0.3 is 11.9 Å². The Bertz CT molecular complexity index is 770. The number of aromatic hydroxyl groups is 1. The predicted molar refractivity (Wildman–Crippen MR) is 90.5 cm³/mol. The van der Waals surface area contributed by atoms with Gasteiger partial charge in [-0.1, -0.05) is 0 Å². The number of rotatable bonds is 4. The van der Waals surface area contributed by atoms with Crippen molar-refractivity contribution in [2.45, 2.75) is 0 Å². The predicted octanol–water partition coefficient (Wildman–Crippen LogP) is 0.488. The molecule has 1 aliphatic heterocycles. The van der Waals surface area contributed by atoms with Gasteiger partial charge in [-0.2, -0.15) is 0 Å². The van der Waals surface area contributed by atoms with E-state index < -0.39 is 17.8 Å². The van der Waals surface area contributed by atoms with E-state index in [0.29, 0.717) is 5.69 Å². The van der Waals surface area contributed by atoms with E-state index in [1.807, 2.05) is 0 Å². The molecule has 140 valence electrons. The standard InChI is InChI=1S/C17H20N2O7/c1-18(2)15(21)11-7-10(5-6-13(11)20)19-9-26-8-12(16(22)24-3)14(19)17(23)25-4/h5-7,20H,8-9H2,1-4H3. The average molecular weight is 364 g/mol. The number of carbonyl (C=O) groups excluding carboxylic acids is 3. The van der Waals surface area contributed by atoms with E-state index in [0.717, 1.165) is 0 Å². The summed E-state index contributed by atoms with van der Waals surface area (Å²) in [6, 6.07) is 4.23. The third-order valence-corrected chi connectivity index (χ3v) is 3.76. The number of ether oxygens (including phenoxy) is 3. The molecule has 1 aromatic rings.